The third kappa shape index (κ3) is 3.63. The van der Waals surface area contributed by atoms with Gasteiger partial charge in [0.05, 0.1) is 23.9 Å². The number of nitrogens with zero attached hydrogens (tertiary/aromatic N) is 3. The van der Waals surface area contributed by atoms with Gasteiger partial charge in [-0.2, -0.15) is 18.3 Å². The van der Waals surface area contributed by atoms with Crippen molar-refractivity contribution in [1.82, 2.24) is 14.3 Å². The van der Waals surface area contributed by atoms with Crippen molar-refractivity contribution in [2.75, 3.05) is 0 Å². The van der Waals surface area contributed by atoms with E-state index in [0.29, 0.717) is 38.2 Å². The molecule has 1 N–H and O–H groups in total. The summed E-state index contributed by atoms with van der Waals surface area (Å²) in [4.78, 5) is 0. The van der Waals surface area contributed by atoms with E-state index in [2.05, 4.69) is 5.10 Å². The molecule has 174 valence electrons. The van der Waals surface area contributed by atoms with Crippen LogP contribution in [0.2, 0.25) is 5.02 Å². The minimum Gasteiger partial charge on any atom is -0.375 e. The first-order valence-corrected chi connectivity index (χ1v) is 10.7. The van der Waals surface area contributed by atoms with Crippen molar-refractivity contribution in [3.05, 3.63) is 95.0 Å². The summed E-state index contributed by atoms with van der Waals surface area (Å²) in [5, 5.41) is 16.9. The van der Waals surface area contributed by atoms with Gasteiger partial charge >= 0.3 is 6.18 Å². The van der Waals surface area contributed by atoms with E-state index in [0.717, 1.165) is 0 Å². The second kappa shape index (κ2) is 7.85. The van der Waals surface area contributed by atoms with E-state index in [9.17, 15) is 22.7 Å². The van der Waals surface area contributed by atoms with Gasteiger partial charge in [0.1, 0.15) is 5.82 Å². The molecule has 0 aliphatic rings. The monoisotopic (exact) mass is 487 g/mol. The average Bonchev–Trinajstić information content (AvgIpc) is 3.33. The molecule has 0 amide bonds. The fraction of sp³-hybridized carbons (Fsp3) is 0.160. The van der Waals surface area contributed by atoms with Crippen molar-refractivity contribution in [1.29, 1.82) is 0 Å². The summed E-state index contributed by atoms with van der Waals surface area (Å²) in [6.45, 7) is 0.950. The lowest BCUT2D eigenvalue weighted by molar-refractivity contribution is -0.271. The number of aromatic nitrogens is 3. The number of hydrogen-bond donors (Lipinski definition) is 1. The first-order chi connectivity index (χ1) is 16.1. The number of rotatable bonds is 4. The molecule has 0 radical (unpaired) electrons. The molecule has 0 fully saturated rings. The maximum absolute atomic E-state index is 14.3. The second-order valence-corrected chi connectivity index (χ2v) is 8.68. The Labute approximate surface area is 196 Å². The van der Waals surface area contributed by atoms with E-state index in [1.165, 1.54) is 57.9 Å². The van der Waals surface area contributed by atoms with Crippen LogP contribution in [-0.2, 0) is 12.1 Å². The highest BCUT2D eigenvalue weighted by Crippen LogP contribution is 2.42. The van der Waals surface area contributed by atoms with E-state index in [4.69, 9.17) is 11.6 Å². The van der Waals surface area contributed by atoms with Crippen molar-refractivity contribution >= 4 is 33.4 Å². The summed E-state index contributed by atoms with van der Waals surface area (Å²) in [7, 11) is 0. The van der Waals surface area contributed by atoms with Gasteiger partial charge in [0.2, 0.25) is 5.60 Å². The Balaban J connectivity index is 1.61. The normalized spacial score (nSPS) is 14.1. The molecule has 0 saturated carbocycles. The number of aliphatic hydroxyl groups is 1. The van der Waals surface area contributed by atoms with Crippen molar-refractivity contribution in [3.8, 4) is 5.69 Å². The van der Waals surface area contributed by atoms with Crippen LogP contribution in [0, 0.1) is 12.7 Å². The quantitative estimate of drug-likeness (QED) is 0.293. The minimum atomic E-state index is -4.96. The SMILES string of the molecule is Cc1cc2cc(Cl)ccc2n1CC(O)(c1ccc2c(cnn2-c2ccc(F)cc2)c1)C(F)(F)F. The lowest BCUT2D eigenvalue weighted by Crippen LogP contribution is -2.46. The maximum Gasteiger partial charge on any atom is 0.423 e. The number of hydrogen-bond acceptors (Lipinski definition) is 2. The van der Waals surface area contributed by atoms with Gasteiger partial charge in [-0.3, -0.25) is 0 Å². The molecular weight excluding hydrogens is 470 g/mol. The average molecular weight is 488 g/mol. The number of halogens is 5. The number of alkyl halides is 3. The summed E-state index contributed by atoms with van der Waals surface area (Å²) >= 11 is 6.03. The highest BCUT2D eigenvalue weighted by molar-refractivity contribution is 6.31. The van der Waals surface area contributed by atoms with Crippen LogP contribution in [0.3, 0.4) is 0 Å². The molecule has 34 heavy (non-hydrogen) atoms. The van der Waals surface area contributed by atoms with Crippen LogP contribution < -0.4 is 0 Å². The summed E-state index contributed by atoms with van der Waals surface area (Å²) in [5.41, 5.74) is -1.28. The highest BCUT2D eigenvalue weighted by atomic mass is 35.5. The van der Waals surface area contributed by atoms with Crippen molar-refractivity contribution in [3.63, 3.8) is 0 Å². The Kier molecular flexibility index (Phi) is 5.18. The molecular formula is C25H18ClF4N3O. The van der Waals surface area contributed by atoms with Crippen LogP contribution in [0.1, 0.15) is 11.3 Å². The molecule has 1 atom stereocenters. The molecule has 9 heteroatoms. The summed E-state index contributed by atoms with van der Waals surface area (Å²) in [5.74, 6) is -0.409. The Morgan fingerprint density at radius 1 is 0.912 bits per heavy atom. The summed E-state index contributed by atoms with van der Waals surface area (Å²) < 4.78 is 59.2. The molecule has 0 saturated heterocycles. The Morgan fingerprint density at radius 3 is 2.32 bits per heavy atom. The molecule has 0 aliphatic heterocycles. The minimum absolute atomic E-state index is 0.304. The van der Waals surface area contributed by atoms with Gasteiger partial charge in [-0.25, -0.2) is 9.07 Å². The summed E-state index contributed by atoms with van der Waals surface area (Å²) in [6, 6.07) is 16.2. The fourth-order valence-corrected chi connectivity index (χ4v) is 4.42. The van der Waals surface area contributed by atoms with Gasteiger partial charge in [-0.05, 0) is 73.2 Å². The predicted octanol–water partition coefficient (Wildman–Crippen LogP) is 6.53. The molecule has 0 spiro atoms. The zero-order valence-electron chi connectivity index (χ0n) is 17.8. The lowest BCUT2D eigenvalue weighted by atomic mass is 9.91. The van der Waals surface area contributed by atoms with Crippen LogP contribution in [0.5, 0.6) is 0 Å². The fourth-order valence-electron chi connectivity index (χ4n) is 4.24. The molecule has 4 nitrogen and oxygen atoms in total. The molecule has 0 bridgehead atoms. The van der Waals surface area contributed by atoms with Crippen LogP contribution >= 0.6 is 11.6 Å². The van der Waals surface area contributed by atoms with Gasteiger partial charge in [0.25, 0.3) is 0 Å². The van der Waals surface area contributed by atoms with Crippen LogP contribution in [0.15, 0.2) is 72.9 Å². The second-order valence-electron chi connectivity index (χ2n) is 8.24. The van der Waals surface area contributed by atoms with Gasteiger partial charge in [-0.15, -0.1) is 0 Å². The maximum atomic E-state index is 14.3. The van der Waals surface area contributed by atoms with Crippen molar-refractivity contribution in [2.45, 2.75) is 25.2 Å². The topological polar surface area (TPSA) is 43.0 Å². The highest BCUT2D eigenvalue weighted by Gasteiger charge is 2.55. The van der Waals surface area contributed by atoms with Crippen molar-refractivity contribution in [2.24, 2.45) is 0 Å². The number of aryl methyl sites for hydroxylation is 1. The van der Waals surface area contributed by atoms with Gasteiger partial charge in [0, 0.05) is 27.0 Å². The van der Waals surface area contributed by atoms with E-state index in [1.54, 1.807) is 31.2 Å². The number of benzene rings is 3. The smallest absolute Gasteiger partial charge is 0.375 e. The Hall–Kier alpha value is -3.36. The third-order valence-electron chi connectivity index (χ3n) is 6.04. The van der Waals surface area contributed by atoms with Crippen molar-refractivity contribution < 1.29 is 22.7 Å². The first-order valence-electron chi connectivity index (χ1n) is 10.4. The van der Waals surface area contributed by atoms with Crippen LogP contribution in [0.25, 0.3) is 27.5 Å². The van der Waals surface area contributed by atoms with E-state index < -0.39 is 24.1 Å². The van der Waals surface area contributed by atoms with E-state index in [1.807, 2.05) is 0 Å². The van der Waals surface area contributed by atoms with E-state index >= 15 is 0 Å². The molecule has 2 heterocycles. The lowest BCUT2D eigenvalue weighted by Gasteiger charge is -2.32. The van der Waals surface area contributed by atoms with Crippen LogP contribution in [-0.4, -0.2) is 25.6 Å². The molecule has 5 rings (SSSR count). The van der Waals surface area contributed by atoms with Crippen LogP contribution in [0.4, 0.5) is 17.6 Å². The van der Waals surface area contributed by atoms with E-state index in [-0.39, 0.29) is 5.56 Å². The largest absolute Gasteiger partial charge is 0.423 e. The molecule has 1 unspecified atom stereocenters. The van der Waals surface area contributed by atoms with Gasteiger partial charge in [-0.1, -0.05) is 17.7 Å². The zero-order valence-corrected chi connectivity index (χ0v) is 18.6. The first kappa shape index (κ1) is 22.4. The van der Waals surface area contributed by atoms with Gasteiger partial charge < -0.3 is 9.67 Å². The molecule has 2 aromatic heterocycles. The zero-order chi connectivity index (χ0) is 24.3. The standard InChI is InChI=1S/C25H18ClF4N3O/c1-15-10-16-12-19(26)3-9-22(16)32(15)14-24(34,25(28,29)30)18-2-8-23-17(11-18)13-31-33(23)21-6-4-20(27)5-7-21/h2-13,34H,14H2,1H3. The molecule has 3 aromatic carbocycles. The Morgan fingerprint density at radius 2 is 1.62 bits per heavy atom. The summed E-state index contributed by atoms with van der Waals surface area (Å²) in [6.07, 6.45) is -3.54. The molecule has 0 aliphatic carbocycles. The Bertz CT molecular complexity index is 1520. The number of fused-ring (bicyclic) bond motifs is 2. The predicted molar refractivity (Wildman–Crippen MR) is 123 cm³/mol. The molecule has 5 aromatic rings. The third-order valence-corrected chi connectivity index (χ3v) is 6.28. The van der Waals surface area contributed by atoms with Gasteiger partial charge in [0.15, 0.2) is 0 Å².